The number of aromatic nitrogens is 1. The highest BCUT2D eigenvalue weighted by molar-refractivity contribution is 5.92. The van der Waals surface area contributed by atoms with Crippen LogP contribution in [0.1, 0.15) is 22.6 Å². The fourth-order valence-electron chi connectivity index (χ4n) is 1.05. The molecule has 1 rings (SSSR count). The Morgan fingerprint density at radius 1 is 1.64 bits per heavy atom. The van der Waals surface area contributed by atoms with Gasteiger partial charge in [0.1, 0.15) is 5.69 Å². The van der Waals surface area contributed by atoms with Crippen molar-refractivity contribution in [2.45, 2.75) is 13.3 Å². The van der Waals surface area contributed by atoms with Crippen molar-refractivity contribution in [2.75, 3.05) is 6.54 Å². The summed E-state index contributed by atoms with van der Waals surface area (Å²) in [5.41, 5.74) is 1.32. The summed E-state index contributed by atoms with van der Waals surface area (Å²) in [7, 11) is 0. The van der Waals surface area contributed by atoms with E-state index >= 15 is 0 Å². The van der Waals surface area contributed by atoms with Gasteiger partial charge in [-0.25, -0.2) is 4.98 Å². The standard InChI is InChI=1S/C11H14N2O/c1-3-4-8-12-11(14)10-7-5-6-9(2)13-10/h3,5-7H,1,4,8H2,2H3,(H,12,14). The van der Waals surface area contributed by atoms with Gasteiger partial charge in [-0.05, 0) is 25.5 Å². The van der Waals surface area contributed by atoms with E-state index < -0.39 is 0 Å². The smallest absolute Gasteiger partial charge is 0.269 e. The minimum atomic E-state index is -0.129. The zero-order valence-electron chi connectivity index (χ0n) is 8.29. The Hall–Kier alpha value is -1.64. The van der Waals surface area contributed by atoms with Crippen LogP contribution >= 0.6 is 0 Å². The van der Waals surface area contributed by atoms with Crippen molar-refractivity contribution in [3.8, 4) is 0 Å². The number of pyridine rings is 1. The van der Waals surface area contributed by atoms with Gasteiger partial charge in [-0.15, -0.1) is 6.58 Å². The van der Waals surface area contributed by atoms with Gasteiger partial charge in [0.05, 0.1) is 0 Å². The highest BCUT2D eigenvalue weighted by atomic mass is 16.1. The van der Waals surface area contributed by atoms with Crippen LogP contribution in [0, 0.1) is 6.92 Å². The number of carbonyl (C=O) groups is 1. The normalized spacial score (nSPS) is 9.50. The van der Waals surface area contributed by atoms with Crippen LogP contribution in [0.3, 0.4) is 0 Å². The first-order valence-electron chi connectivity index (χ1n) is 4.57. The molecule has 1 amide bonds. The highest BCUT2D eigenvalue weighted by Gasteiger charge is 2.04. The second-order valence-corrected chi connectivity index (χ2v) is 3.00. The lowest BCUT2D eigenvalue weighted by molar-refractivity contribution is 0.0949. The van der Waals surface area contributed by atoms with Gasteiger partial charge in [0.25, 0.3) is 5.91 Å². The summed E-state index contributed by atoms with van der Waals surface area (Å²) in [6.45, 7) is 6.05. The van der Waals surface area contributed by atoms with E-state index in [0.29, 0.717) is 12.2 Å². The molecular formula is C11H14N2O. The Bertz CT molecular complexity index is 334. The molecule has 74 valence electrons. The minimum absolute atomic E-state index is 0.129. The minimum Gasteiger partial charge on any atom is -0.350 e. The van der Waals surface area contributed by atoms with E-state index in [2.05, 4.69) is 16.9 Å². The Morgan fingerprint density at radius 2 is 2.43 bits per heavy atom. The van der Waals surface area contributed by atoms with Crippen LogP contribution in [0.5, 0.6) is 0 Å². The number of nitrogens with one attached hydrogen (secondary N) is 1. The number of carbonyl (C=O) groups excluding carboxylic acids is 1. The van der Waals surface area contributed by atoms with Crippen LogP contribution < -0.4 is 5.32 Å². The van der Waals surface area contributed by atoms with Crippen molar-refractivity contribution in [1.29, 1.82) is 0 Å². The van der Waals surface area contributed by atoms with E-state index in [4.69, 9.17) is 0 Å². The molecule has 0 aliphatic heterocycles. The molecule has 0 fully saturated rings. The highest BCUT2D eigenvalue weighted by Crippen LogP contribution is 1.97. The van der Waals surface area contributed by atoms with Gasteiger partial charge in [-0.1, -0.05) is 12.1 Å². The number of hydrogen-bond donors (Lipinski definition) is 1. The van der Waals surface area contributed by atoms with Gasteiger partial charge in [0, 0.05) is 12.2 Å². The molecular weight excluding hydrogens is 176 g/mol. The molecule has 0 saturated heterocycles. The molecule has 0 aliphatic rings. The van der Waals surface area contributed by atoms with Crippen molar-refractivity contribution in [3.05, 3.63) is 42.2 Å². The quantitative estimate of drug-likeness (QED) is 0.580. The first kappa shape index (κ1) is 10.4. The SMILES string of the molecule is C=CCCNC(=O)c1cccc(C)n1. The van der Waals surface area contributed by atoms with Crippen molar-refractivity contribution in [2.24, 2.45) is 0 Å². The Balaban J connectivity index is 2.56. The summed E-state index contributed by atoms with van der Waals surface area (Å²) >= 11 is 0. The maximum Gasteiger partial charge on any atom is 0.269 e. The monoisotopic (exact) mass is 190 g/mol. The molecule has 1 aromatic heterocycles. The van der Waals surface area contributed by atoms with Crippen molar-refractivity contribution >= 4 is 5.91 Å². The second kappa shape index (κ2) is 5.17. The Labute approximate surface area is 83.9 Å². The molecule has 1 aromatic rings. The fraction of sp³-hybridized carbons (Fsp3) is 0.273. The molecule has 0 aromatic carbocycles. The molecule has 3 nitrogen and oxygen atoms in total. The van der Waals surface area contributed by atoms with E-state index in [1.165, 1.54) is 0 Å². The predicted octanol–water partition coefficient (Wildman–Crippen LogP) is 1.70. The molecule has 0 unspecified atom stereocenters. The van der Waals surface area contributed by atoms with Crippen LogP contribution in [-0.4, -0.2) is 17.4 Å². The molecule has 3 heteroatoms. The third-order valence-electron chi connectivity index (χ3n) is 1.75. The van der Waals surface area contributed by atoms with Gasteiger partial charge >= 0.3 is 0 Å². The van der Waals surface area contributed by atoms with E-state index in [-0.39, 0.29) is 5.91 Å². The topological polar surface area (TPSA) is 42.0 Å². The van der Waals surface area contributed by atoms with Crippen molar-refractivity contribution in [1.82, 2.24) is 10.3 Å². The second-order valence-electron chi connectivity index (χ2n) is 3.00. The lowest BCUT2D eigenvalue weighted by Crippen LogP contribution is -2.25. The zero-order valence-corrected chi connectivity index (χ0v) is 8.29. The van der Waals surface area contributed by atoms with Crippen LogP contribution in [0.4, 0.5) is 0 Å². The molecule has 14 heavy (non-hydrogen) atoms. The number of hydrogen-bond acceptors (Lipinski definition) is 2. The molecule has 0 atom stereocenters. The fourth-order valence-corrected chi connectivity index (χ4v) is 1.05. The third-order valence-corrected chi connectivity index (χ3v) is 1.75. The lowest BCUT2D eigenvalue weighted by Gasteiger charge is -2.02. The third kappa shape index (κ3) is 3.01. The van der Waals surface area contributed by atoms with E-state index in [1.807, 2.05) is 19.1 Å². The summed E-state index contributed by atoms with van der Waals surface area (Å²) in [5.74, 6) is -0.129. The maximum atomic E-state index is 11.5. The average molecular weight is 190 g/mol. The molecule has 0 aliphatic carbocycles. The first-order chi connectivity index (χ1) is 6.74. The summed E-state index contributed by atoms with van der Waals surface area (Å²) in [6.07, 6.45) is 2.54. The lowest BCUT2D eigenvalue weighted by atomic mass is 10.3. The van der Waals surface area contributed by atoms with E-state index in [0.717, 1.165) is 12.1 Å². The molecule has 0 saturated carbocycles. The van der Waals surface area contributed by atoms with Gasteiger partial charge in [0.15, 0.2) is 0 Å². The molecule has 0 spiro atoms. The zero-order chi connectivity index (χ0) is 10.4. The van der Waals surface area contributed by atoms with Crippen molar-refractivity contribution < 1.29 is 4.79 Å². The predicted molar refractivity (Wildman–Crippen MR) is 56.1 cm³/mol. The van der Waals surface area contributed by atoms with Gasteiger partial charge in [-0.3, -0.25) is 4.79 Å². The summed E-state index contributed by atoms with van der Waals surface area (Å²) in [5, 5.41) is 2.75. The number of nitrogens with zero attached hydrogens (tertiary/aromatic N) is 1. The van der Waals surface area contributed by atoms with Crippen LogP contribution in [0.15, 0.2) is 30.9 Å². The van der Waals surface area contributed by atoms with Crippen LogP contribution in [-0.2, 0) is 0 Å². The maximum absolute atomic E-state index is 11.5. The van der Waals surface area contributed by atoms with Gasteiger partial charge < -0.3 is 5.32 Å². The average Bonchev–Trinajstić information content (AvgIpc) is 2.18. The first-order valence-corrected chi connectivity index (χ1v) is 4.57. The summed E-state index contributed by atoms with van der Waals surface area (Å²) in [4.78, 5) is 15.6. The van der Waals surface area contributed by atoms with Gasteiger partial charge in [-0.2, -0.15) is 0 Å². The molecule has 1 N–H and O–H groups in total. The van der Waals surface area contributed by atoms with E-state index in [9.17, 15) is 4.79 Å². The molecule has 0 bridgehead atoms. The van der Waals surface area contributed by atoms with E-state index in [1.54, 1.807) is 12.1 Å². The van der Waals surface area contributed by atoms with Crippen molar-refractivity contribution in [3.63, 3.8) is 0 Å². The molecule has 1 heterocycles. The Kier molecular flexibility index (Phi) is 3.85. The number of aryl methyl sites for hydroxylation is 1. The van der Waals surface area contributed by atoms with Crippen LogP contribution in [0.2, 0.25) is 0 Å². The molecule has 0 radical (unpaired) electrons. The van der Waals surface area contributed by atoms with Crippen LogP contribution in [0.25, 0.3) is 0 Å². The largest absolute Gasteiger partial charge is 0.350 e. The number of rotatable bonds is 4. The summed E-state index contributed by atoms with van der Waals surface area (Å²) < 4.78 is 0. The Morgan fingerprint density at radius 3 is 3.07 bits per heavy atom. The number of amides is 1. The summed E-state index contributed by atoms with van der Waals surface area (Å²) in [6, 6.07) is 5.39. The van der Waals surface area contributed by atoms with Gasteiger partial charge in [0.2, 0.25) is 0 Å².